The van der Waals surface area contributed by atoms with Crippen LogP contribution in [0.1, 0.15) is 38.9 Å². The molecule has 0 bridgehead atoms. The van der Waals surface area contributed by atoms with E-state index in [4.69, 9.17) is 4.42 Å². The Morgan fingerprint density at radius 3 is 2.70 bits per heavy atom. The number of pyridine rings is 1. The number of rotatable bonds is 3. The van der Waals surface area contributed by atoms with Gasteiger partial charge in [0.15, 0.2) is 5.43 Å². The first-order valence-electron chi connectivity index (χ1n) is 9.56. The fourth-order valence-corrected chi connectivity index (χ4v) is 4.01. The van der Waals surface area contributed by atoms with Gasteiger partial charge < -0.3 is 9.32 Å². The van der Waals surface area contributed by atoms with Crippen LogP contribution < -0.4 is 5.43 Å². The monoisotopic (exact) mass is 400 g/mol. The van der Waals surface area contributed by atoms with Crippen molar-refractivity contribution < 1.29 is 13.6 Å². The molecule has 1 atom stereocenters. The summed E-state index contributed by atoms with van der Waals surface area (Å²) < 4.78 is 20.7. The Balaban J connectivity index is 1.77. The van der Waals surface area contributed by atoms with Gasteiger partial charge in [-0.1, -0.05) is 35.9 Å². The lowest BCUT2D eigenvalue weighted by Gasteiger charge is -2.25. The number of hydrogen-bond acceptors (Lipinski definition) is 4. The zero-order chi connectivity index (χ0) is 20.8. The molecular formula is C24H17FN2O3. The van der Waals surface area contributed by atoms with Crippen LogP contribution in [0, 0.1) is 12.7 Å². The molecule has 0 saturated carbocycles. The Kier molecular flexibility index (Phi) is 4.20. The number of fused-ring (bicyclic) bond motifs is 2. The Morgan fingerprint density at radius 1 is 1.10 bits per heavy atom. The highest BCUT2D eigenvalue weighted by Gasteiger charge is 2.43. The third kappa shape index (κ3) is 2.80. The van der Waals surface area contributed by atoms with Crippen molar-refractivity contribution >= 4 is 16.9 Å². The smallest absolute Gasteiger partial charge is 0.291 e. The molecule has 5 nitrogen and oxygen atoms in total. The van der Waals surface area contributed by atoms with E-state index in [0.29, 0.717) is 11.0 Å². The normalized spacial score (nSPS) is 15.6. The quantitative estimate of drug-likeness (QED) is 0.512. The highest BCUT2D eigenvalue weighted by Crippen LogP contribution is 2.39. The lowest BCUT2D eigenvalue weighted by molar-refractivity contribution is 0.0712. The summed E-state index contributed by atoms with van der Waals surface area (Å²) in [7, 11) is 0. The highest BCUT2D eigenvalue weighted by atomic mass is 19.1. The van der Waals surface area contributed by atoms with Gasteiger partial charge in [-0.2, -0.15) is 0 Å². The molecule has 3 heterocycles. The maximum absolute atomic E-state index is 14.8. The summed E-state index contributed by atoms with van der Waals surface area (Å²) in [5, 5.41) is 0.381. The third-order valence-electron chi connectivity index (χ3n) is 5.40. The molecule has 2 aromatic heterocycles. The molecule has 1 aliphatic rings. The van der Waals surface area contributed by atoms with Crippen molar-refractivity contribution in [3.05, 3.63) is 111 Å². The minimum absolute atomic E-state index is 0.0338. The van der Waals surface area contributed by atoms with Crippen LogP contribution in [0.3, 0.4) is 0 Å². The first kappa shape index (κ1) is 18.2. The molecule has 0 spiro atoms. The molecule has 0 radical (unpaired) electrons. The van der Waals surface area contributed by atoms with Gasteiger partial charge in [0.05, 0.1) is 17.0 Å². The van der Waals surface area contributed by atoms with E-state index in [0.717, 1.165) is 11.1 Å². The molecule has 1 aliphatic heterocycles. The van der Waals surface area contributed by atoms with Gasteiger partial charge in [0, 0.05) is 24.5 Å². The average molecular weight is 400 g/mol. The molecule has 1 amide bonds. The summed E-state index contributed by atoms with van der Waals surface area (Å²) in [6, 6.07) is 14.1. The van der Waals surface area contributed by atoms with Crippen molar-refractivity contribution in [2.75, 3.05) is 0 Å². The molecule has 4 aromatic rings. The van der Waals surface area contributed by atoms with Crippen molar-refractivity contribution in [2.24, 2.45) is 0 Å². The van der Waals surface area contributed by atoms with E-state index in [2.05, 4.69) is 4.98 Å². The molecule has 0 saturated heterocycles. The molecule has 6 heteroatoms. The van der Waals surface area contributed by atoms with Crippen molar-refractivity contribution in [2.45, 2.75) is 19.5 Å². The Morgan fingerprint density at radius 2 is 1.93 bits per heavy atom. The van der Waals surface area contributed by atoms with Gasteiger partial charge in [0.2, 0.25) is 5.76 Å². The van der Waals surface area contributed by atoms with Crippen molar-refractivity contribution in [1.29, 1.82) is 0 Å². The van der Waals surface area contributed by atoms with E-state index in [-0.39, 0.29) is 28.9 Å². The minimum Gasteiger partial charge on any atom is -0.450 e. The van der Waals surface area contributed by atoms with Crippen LogP contribution in [0.25, 0.3) is 11.0 Å². The number of amides is 1. The van der Waals surface area contributed by atoms with Crippen molar-refractivity contribution in [3.63, 3.8) is 0 Å². The van der Waals surface area contributed by atoms with Crippen LogP contribution in [-0.2, 0) is 6.54 Å². The predicted molar refractivity (Wildman–Crippen MR) is 110 cm³/mol. The lowest BCUT2D eigenvalue weighted by Crippen LogP contribution is -2.29. The van der Waals surface area contributed by atoms with E-state index in [1.165, 1.54) is 11.0 Å². The van der Waals surface area contributed by atoms with Gasteiger partial charge in [-0.05, 0) is 36.8 Å². The SMILES string of the molecule is Cc1ccc2oc3c(c(=O)c2c1)C(c1ccccc1F)N(Cc1cccnc1)C3=O. The molecule has 1 unspecified atom stereocenters. The number of carbonyl (C=O) groups excluding carboxylic acids is 1. The first-order chi connectivity index (χ1) is 14.5. The largest absolute Gasteiger partial charge is 0.450 e. The lowest BCUT2D eigenvalue weighted by atomic mass is 9.97. The van der Waals surface area contributed by atoms with Crippen LogP contribution in [0.15, 0.2) is 76.2 Å². The van der Waals surface area contributed by atoms with Crippen molar-refractivity contribution in [1.82, 2.24) is 9.88 Å². The average Bonchev–Trinajstić information content (AvgIpc) is 3.02. The predicted octanol–water partition coefficient (Wildman–Crippen LogP) is 4.38. The second kappa shape index (κ2) is 6.91. The third-order valence-corrected chi connectivity index (χ3v) is 5.40. The zero-order valence-electron chi connectivity index (χ0n) is 16.1. The van der Waals surface area contributed by atoms with Crippen LogP contribution in [0.2, 0.25) is 0 Å². The second-order valence-corrected chi connectivity index (χ2v) is 7.39. The molecular weight excluding hydrogens is 383 g/mol. The highest BCUT2D eigenvalue weighted by molar-refractivity contribution is 5.99. The molecule has 0 fully saturated rings. The summed E-state index contributed by atoms with van der Waals surface area (Å²) in [6.07, 6.45) is 3.28. The van der Waals surface area contributed by atoms with E-state index in [1.54, 1.807) is 48.8 Å². The summed E-state index contributed by atoms with van der Waals surface area (Å²) in [5.74, 6) is -0.960. The van der Waals surface area contributed by atoms with E-state index < -0.39 is 17.8 Å². The molecule has 30 heavy (non-hydrogen) atoms. The van der Waals surface area contributed by atoms with Gasteiger partial charge in [0.1, 0.15) is 11.4 Å². The molecule has 2 aromatic carbocycles. The Hall–Kier alpha value is -3.80. The zero-order valence-corrected chi connectivity index (χ0v) is 16.1. The van der Waals surface area contributed by atoms with Crippen LogP contribution in [-0.4, -0.2) is 15.8 Å². The minimum atomic E-state index is -0.880. The molecule has 5 rings (SSSR count). The second-order valence-electron chi connectivity index (χ2n) is 7.39. The van der Waals surface area contributed by atoms with Gasteiger partial charge in [-0.3, -0.25) is 14.6 Å². The summed E-state index contributed by atoms with van der Waals surface area (Å²) in [4.78, 5) is 32.3. The van der Waals surface area contributed by atoms with Crippen LogP contribution in [0.5, 0.6) is 0 Å². The number of aromatic nitrogens is 1. The van der Waals surface area contributed by atoms with E-state index >= 15 is 0 Å². The van der Waals surface area contributed by atoms with Gasteiger partial charge in [-0.25, -0.2) is 4.39 Å². The fourth-order valence-electron chi connectivity index (χ4n) is 4.01. The standard InChI is InChI=1S/C24H17FN2O3/c1-14-8-9-19-17(11-14)22(28)20-21(16-6-2-3-7-18(16)25)27(24(29)23(20)30-19)13-15-5-4-10-26-12-15/h2-12,21H,13H2,1H3. The van der Waals surface area contributed by atoms with Gasteiger partial charge in [-0.15, -0.1) is 0 Å². The number of nitrogens with zero attached hydrogens (tertiary/aromatic N) is 2. The summed E-state index contributed by atoms with van der Waals surface area (Å²) in [5.41, 5.74) is 2.12. The number of hydrogen-bond donors (Lipinski definition) is 0. The van der Waals surface area contributed by atoms with E-state index in [9.17, 15) is 14.0 Å². The van der Waals surface area contributed by atoms with E-state index in [1.807, 2.05) is 19.1 Å². The molecule has 148 valence electrons. The number of carbonyl (C=O) groups is 1. The van der Waals surface area contributed by atoms with Crippen molar-refractivity contribution in [3.8, 4) is 0 Å². The van der Waals surface area contributed by atoms with Crippen LogP contribution >= 0.6 is 0 Å². The molecule has 0 N–H and O–H groups in total. The Labute approximate surface area is 171 Å². The Bertz CT molecular complexity index is 1350. The summed E-state index contributed by atoms with van der Waals surface area (Å²) in [6.45, 7) is 2.05. The number of aryl methyl sites for hydroxylation is 1. The maximum Gasteiger partial charge on any atom is 0.291 e. The fraction of sp³-hybridized carbons (Fsp3) is 0.125. The number of benzene rings is 2. The maximum atomic E-state index is 14.8. The van der Waals surface area contributed by atoms with Gasteiger partial charge >= 0.3 is 0 Å². The molecule has 0 aliphatic carbocycles. The van der Waals surface area contributed by atoms with Gasteiger partial charge in [0.25, 0.3) is 5.91 Å². The van der Waals surface area contributed by atoms with Crippen LogP contribution in [0.4, 0.5) is 4.39 Å². The summed E-state index contributed by atoms with van der Waals surface area (Å²) >= 11 is 0. The topological polar surface area (TPSA) is 63.4 Å². The first-order valence-corrected chi connectivity index (χ1v) is 9.56. The number of halogens is 1.